The molecular weight excluding hydrogens is 317 g/mol. The smallest absolute Gasteiger partial charge is 0.0652 e. The van der Waals surface area contributed by atoms with Crippen molar-refractivity contribution in [3.8, 4) is 0 Å². The normalized spacial score (nSPS) is 14.8. The molecule has 0 aliphatic carbocycles. The number of ether oxygens (including phenoxy) is 1. The highest BCUT2D eigenvalue weighted by molar-refractivity contribution is 14.1. The molecule has 0 spiro atoms. The van der Waals surface area contributed by atoms with Crippen molar-refractivity contribution in [2.75, 3.05) is 26.9 Å². The Morgan fingerprint density at radius 3 is 2.50 bits per heavy atom. The van der Waals surface area contributed by atoms with Gasteiger partial charge in [0.15, 0.2) is 0 Å². The molecule has 4 heteroatoms. The van der Waals surface area contributed by atoms with Crippen LogP contribution in [-0.4, -0.2) is 32.0 Å². The minimum Gasteiger partial charge on any atom is -0.394 e. The van der Waals surface area contributed by atoms with Crippen LogP contribution in [0.5, 0.6) is 0 Å². The summed E-state index contributed by atoms with van der Waals surface area (Å²) < 4.78 is 6.18. The summed E-state index contributed by atoms with van der Waals surface area (Å²) in [5.74, 6) is 0. The predicted molar refractivity (Wildman–Crippen MR) is 73.5 cm³/mol. The number of aliphatic hydroxyl groups excluding tert-OH is 1. The van der Waals surface area contributed by atoms with Crippen LogP contribution in [0.2, 0.25) is 0 Å². The maximum absolute atomic E-state index is 9.50. The lowest BCUT2D eigenvalue weighted by Crippen LogP contribution is -2.44. The molecule has 0 saturated carbocycles. The second-order valence-electron chi connectivity index (χ2n) is 3.92. The Bertz CT molecular complexity index is 315. The van der Waals surface area contributed by atoms with Crippen molar-refractivity contribution in [3.63, 3.8) is 0 Å². The zero-order valence-electron chi connectivity index (χ0n) is 9.66. The summed E-state index contributed by atoms with van der Waals surface area (Å²) in [6, 6.07) is 8.17. The summed E-state index contributed by atoms with van der Waals surface area (Å²) in [5.41, 5.74) is 0.689. The Morgan fingerprint density at radius 1 is 1.38 bits per heavy atom. The first-order valence-electron chi connectivity index (χ1n) is 5.23. The van der Waals surface area contributed by atoms with Crippen LogP contribution in [-0.2, 0) is 10.3 Å². The number of hydrogen-bond acceptors (Lipinski definition) is 3. The standard InChI is InChI=1S/C12H18INO2/c1-12(9-15,14-7-8-16-2)10-3-5-11(13)6-4-10/h3-6,14-15H,7-9H2,1-2H3. The Balaban J connectivity index is 2.74. The average Bonchev–Trinajstić information content (AvgIpc) is 2.30. The van der Waals surface area contributed by atoms with Gasteiger partial charge in [-0.15, -0.1) is 0 Å². The molecule has 2 N–H and O–H groups in total. The molecule has 0 aliphatic heterocycles. The van der Waals surface area contributed by atoms with Crippen molar-refractivity contribution in [3.05, 3.63) is 33.4 Å². The van der Waals surface area contributed by atoms with E-state index in [9.17, 15) is 5.11 Å². The maximum Gasteiger partial charge on any atom is 0.0652 e. The van der Waals surface area contributed by atoms with Crippen molar-refractivity contribution < 1.29 is 9.84 Å². The summed E-state index contributed by atoms with van der Waals surface area (Å²) in [7, 11) is 1.67. The summed E-state index contributed by atoms with van der Waals surface area (Å²) >= 11 is 2.27. The van der Waals surface area contributed by atoms with Crippen LogP contribution in [0, 0.1) is 3.57 Å². The molecular formula is C12H18INO2. The van der Waals surface area contributed by atoms with Crippen molar-refractivity contribution in [1.29, 1.82) is 0 Å². The molecule has 0 radical (unpaired) electrons. The fourth-order valence-electron chi connectivity index (χ4n) is 1.50. The molecule has 90 valence electrons. The van der Waals surface area contributed by atoms with Crippen LogP contribution in [0.1, 0.15) is 12.5 Å². The number of aliphatic hydroxyl groups is 1. The summed E-state index contributed by atoms with van der Waals surface area (Å²) in [6.07, 6.45) is 0. The fourth-order valence-corrected chi connectivity index (χ4v) is 1.86. The van der Waals surface area contributed by atoms with E-state index in [4.69, 9.17) is 4.74 Å². The van der Waals surface area contributed by atoms with Crippen LogP contribution in [0.25, 0.3) is 0 Å². The molecule has 3 nitrogen and oxygen atoms in total. The first kappa shape index (κ1) is 13.9. The third-order valence-corrected chi connectivity index (χ3v) is 3.34. The molecule has 0 aliphatic rings. The summed E-state index contributed by atoms with van der Waals surface area (Å²) in [4.78, 5) is 0. The molecule has 1 aromatic carbocycles. The molecule has 1 atom stereocenters. The maximum atomic E-state index is 9.50. The SMILES string of the molecule is COCCNC(C)(CO)c1ccc(I)cc1. The van der Waals surface area contributed by atoms with E-state index in [0.29, 0.717) is 6.61 Å². The highest BCUT2D eigenvalue weighted by Crippen LogP contribution is 2.20. The van der Waals surface area contributed by atoms with E-state index in [1.54, 1.807) is 7.11 Å². The molecule has 0 fully saturated rings. The quantitative estimate of drug-likeness (QED) is 0.615. The van der Waals surface area contributed by atoms with Crippen LogP contribution in [0.4, 0.5) is 0 Å². The number of nitrogens with one attached hydrogen (secondary N) is 1. The second-order valence-corrected chi connectivity index (χ2v) is 5.16. The van der Waals surface area contributed by atoms with Crippen molar-refractivity contribution in [1.82, 2.24) is 5.32 Å². The lowest BCUT2D eigenvalue weighted by molar-refractivity contribution is 0.148. The molecule has 0 amide bonds. The Labute approximate surface area is 110 Å². The third kappa shape index (κ3) is 3.69. The van der Waals surface area contributed by atoms with Crippen molar-refractivity contribution in [2.24, 2.45) is 0 Å². The topological polar surface area (TPSA) is 41.5 Å². The zero-order chi connectivity index (χ0) is 12.0. The van der Waals surface area contributed by atoms with Gasteiger partial charge >= 0.3 is 0 Å². The largest absolute Gasteiger partial charge is 0.394 e. The predicted octanol–water partition coefficient (Wildman–Crippen LogP) is 1.73. The van der Waals surface area contributed by atoms with E-state index in [1.165, 1.54) is 3.57 Å². The highest BCUT2D eigenvalue weighted by Gasteiger charge is 2.24. The van der Waals surface area contributed by atoms with Gasteiger partial charge in [-0.2, -0.15) is 0 Å². The Hall–Kier alpha value is -0.170. The molecule has 1 unspecified atom stereocenters. The van der Waals surface area contributed by atoms with Gasteiger partial charge in [0.25, 0.3) is 0 Å². The minimum absolute atomic E-state index is 0.0668. The molecule has 0 saturated heterocycles. The van der Waals surface area contributed by atoms with E-state index in [2.05, 4.69) is 27.9 Å². The van der Waals surface area contributed by atoms with E-state index >= 15 is 0 Å². The van der Waals surface area contributed by atoms with Gasteiger partial charge in [0.1, 0.15) is 0 Å². The van der Waals surface area contributed by atoms with E-state index < -0.39 is 5.54 Å². The Kier molecular flexibility index (Phi) is 5.68. The van der Waals surface area contributed by atoms with Crippen molar-refractivity contribution >= 4 is 22.6 Å². The van der Waals surface area contributed by atoms with Crippen molar-refractivity contribution in [2.45, 2.75) is 12.5 Å². The van der Waals surface area contributed by atoms with E-state index in [0.717, 1.165) is 12.1 Å². The lowest BCUT2D eigenvalue weighted by atomic mass is 9.93. The first-order chi connectivity index (χ1) is 7.62. The molecule has 0 bridgehead atoms. The van der Waals surface area contributed by atoms with Crippen LogP contribution in [0.3, 0.4) is 0 Å². The van der Waals surface area contributed by atoms with E-state index in [1.807, 2.05) is 31.2 Å². The van der Waals surface area contributed by atoms with Gasteiger partial charge < -0.3 is 15.2 Å². The number of benzene rings is 1. The highest BCUT2D eigenvalue weighted by atomic mass is 127. The molecule has 16 heavy (non-hydrogen) atoms. The van der Waals surface area contributed by atoms with Gasteiger partial charge in [-0.3, -0.25) is 0 Å². The van der Waals surface area contributed by atoms with Gasteiger partial charge in [0.05, 0.1) is 18.8 Å². The van der Waals surface area contributed by atoms with Crippen LogP contribution in [0.15, 0.2) is 24.3 Å². The first-order valence-corrected chi connectivity index (χ1v) is 6.31. The number of rotatable bonds is 6. The molecule has 0 aromatic heterocycles. The minimum atomic E-state index is -0.400. The number of methoxy groups -OCH3 is 1. The monoisotopic (exact) mass is 335 g/mol. The summed E-state index contributed by atoms with van der Waals surface area (Å²) in [6.45, 7) is 3.42. The molecule has 1 aromatic rings. The van der Waals surface area contributed by atoms with Gasteiger partial charge in [-0.05, 0) is 47.2 Å². The van der Waals surface area contributed by atoms with Gasteiger partial charge in [0.2, 0.25) is 0 Å². The third-order valence-electron chi connectivity index (χ3n) is 2.62. The molecule has 0 heterocycles. The Morgan fingerprint density at radius 2 is 2.00 bits per heavy atom. The fraction of sp³-hybridized carbons (Fsp3) is 0.500. The lowest BCUT2D eigenvalue weighted by Gasteiger charge is -2.29. The van der Waals surface area contributed by atoms with Crippen LogP contribution < -0.4 is 5.32 Å². The van der Waals surface area contributed by atoms with Gasteiger partial charge in [-0.1, -0.05) is 12.1 Å². The van der Waals surface area contributed by atoms with E-state index in [-0.39, 0.29) is 6.61 Å². The number of halogens is 1. The van der Waals surface area contributed by atoms with Crippen LogP contribution >= 0.6 is 22.6 Å². The van der Waals surface area contributed by atoms with Gasteiger partial charge in [0, 0.05) is 17.2 Å². The average molecular weight is 335 g/mol. The second kappa shape index (κ2) is 6.54. The number of hydrogen-bond donors (Lipinski definition) is 2. The summed E-state index contributed by atoms with van der Waals surface area (Å²) in [5, 5.41) is 12.8. The molecule has 1 rings (SSSR count). The van der Waals surface area contributed by atoms with Gasteiger partial charge in [-0.25, -0.2) is 0 Å². The zero-order valence-corrected chi connectivity index (χ0v) is 11.8.